The molecule has 0 N–H and O–H groups in total. The van der Waals surface area contributed by atoms with Crippen LogP contribution in [0.15, 0.2) is 76.6 Å². The van der Waals surface area contributed by atoms with Gasteiger partial charge in [0.1, 0.15) is 11.5 Å². The van der Waals surface area contributed by atoms with Gasteiger partial charge in [-0.15, -0.1) is 0 Å². The second kappa shape index (κ2) is 8.76. The van der Waals surface area contributed by atoms with Gasteiger partial charge in [-0.25, -0.2) is 0 Å². The van der Waals surface area contributed by atoms with Crippen LogP contribution in [0.3, 0.4) is 0 Å². The number of nitrogens with zero attached hydrogens (tertiary/aromatic N) is 2. The van der Waals surface area contributed by atoms with Crippen molar-refractivity contribution in [1.82, 2.24) is 5.01 Å². The van der Waals surface area contributed by atoms with Gasteiger partial charge in [-0.2, -0.15) is 5.10 Å². The van der Waals surface area contributed by atoms with Gasteiger partial charge in [-0.3, -0.25) is 5.01 Å². The summed E-state index contributed by atoms with van der Waals surface area (Å²) in [5.74, 6) is 1.69. The number of hydrogen-bond acceptors (Lipinski definition) is 5. The summed E-state index contributed by atoms with van der Waals surface area (Å²) < 4.78 is 15.5. The molecule has 0 aliphatic heterocycles. The molecule has 0 bridgehead atoms. The van der Waals surface area contributed by atoms with E-state index in [0.29, 0.717) is 13.1 Å². The van der Waals surface area contributed by atoms with Gasteiger partial charge in [-0.1, -0.05) is 24.3 Å². The zero-order chi connectivity index (χ0) is 18.2. The van der Waals surface area contributed by atoms with Crippen LogP contribution in [0.5, 0.6) is 11.5 Å². The van der Waals surface area contributed by atoms with E-state index in [-0.39, 0.29) is 0 Å². The van der Waals surface area contributed by atoms with E-state index in [1.54, 1.807) is 33.0 Å². The van der Waals surface area contributed by atoms with Gasteiger partial charge < -0.3 is 13.9 Å². The van der Waals surface area contributed by atoms with E-state index in [0.717, 1.165) is 28.2 Å². The fourth-order valence-corrected chi connectivity index (χ4v) is 2.52. The van der Waals surface area contributed by atoms with Crippen LogP contribution in [-0.4, -0.2) is 25.4 Å². The zero-order valence-electron chi connectivity index (χ0n) is 15.0. The fourth-order valence-electron chi connectivity index (χ4n) is 2.52. The van der Waals surface area contributed by atoms with Gasteiger partial charge >= 0.3 is 0 Å². The van der Waals surface area contributed by atoms with Crippen LogP contribution in [0.2, 0.25) is 0 Å². The van der Waals surface area contributed by atoms with Crippen molar-refractivity contribution in [3.05, 3.63) is 83.8 Å². The summed E-state index contributed by atoms with van der Waals surface area (Å²) in [5.41, 5.74) is 3.24. The predicted molar refractivity (Wildman–Crippen MR) is 102 cm³/mol. The van der Waals surface area contributed by atoms with Crippen molar-refractivity contribution >= 4 is 6.21 Å². The van der Waals surface area contributed by atoms with Crippen LogP contribution >= 0.6 is 0 Å². The van der Waals surface area contributed by atoms with E-state index >= 15 is 0 Å². The minimum Gasteiger partial charge on any atom is -0.497 e. The molecule has 5 nitrogen and oxygen atoms in total. The molecule has 0 spiro atoms. The lowest BCUT2D eigenvalue weighted by Crippen LogP contribution is -2.17. The Hall–Kier alpha value is -3.21. The third kappa shape index (κ3) is 4.89. The molecule has 0 fully saturated rings. The van der Waals surface area contributed by atoms with Crippen LogP contribution in [0.1, 0.15) is 16.7 Å². The van der Waals surface area contributed by atoms with Crippen LogP contribution in [-0.2, 0) is 13.1 Å². The van der Waals surface area contributed by atoms with Gasteiger partial charge in [0.2, 0.25) is 0 Å². The van der Waals surface area contributed by atoms with Crippen LogP contribution < -0.4 is 9.47 Å². The Morgan fingerprint density at radius 2 is 1.38 bits per heavy atom. The molecule has 1 aromatic heterocycles. The van der Waals surface area contributed by atoms with Gasteiger partial charge in [0.05, 0.1) is 46.1 Å². The number of benzene rings is 2. The molecule has 134 valence electrons. The van der Waals surface area contributed by atoms with E-state index in [2.05, 4.69) is 5.10 Å². The summed E-state index contributed by atoms with van der Waals surface area (Å²) >= 11 is 0. The summed E-state index contributed by atoms with van der Waals surface area (Å²) in [4.78, 5) is 0. The molecule has 1 heterocycles. The molecule has 0 radical (unpaired) electrons. The number of hydrogen-bond donors (Lipinski definition) is 0. The SMILES string of the molecule is COc1ccc(CN(Cc2ccc(OC)cc2)N=Cc2ccoc2)cc1. The lowest BCUT2D eigenvalue weighted by atomic mass is 10.2. The van der Waals surface area contributed by atoms with Crippen molar-refractivity contribution in [2.24, 2.45) is 5.10 Å². The number of furan rings is 1. The highest BCUT2D eigenvalue weighted by molar-refractivity contribution is 5.78. The van der Waals surface area contributed by atoms with Crippen molar-refractivity contribution in [1.29, 1.82) is 0 Å². The summed E-state index contributed by atoms with van der Waals surface area (Å²) in [6.45, 7) is 1.37. The average molecular weight is 350 g/mol. The van der Waals surface area contributed by atoms with Crippen molar-refractivity contribution in [3.63, 3.8) is 0 Å². The maximum atomic E-state index is 5.22. The Morgan fingerprint density at radius 1 is 0.846 bits per heavy atom. The Bertz CT molecular complexity index is 760. The molecule has 26 heavy (non-hydrogen) atoms. The minimum atomic E-state index is 0.685. The van der Waals surface area contributed by atoms with E-state index in [4.69, 9.17) is 13.9 Å². The third-order valence-electron chi connectivity index (χ3n) is 3.96. The molecule has 3 rings (SSSR count). The quantitative estimate of drug-likeness (QED) is 0.448. The largest absolute Gasteiger partial charge is 0.497 e. The molecular weight excluding hydrogens is 328 g/mol. The highest BCUT2D eigenvalue weighted by Crippen LogP contribution is 2.17. The first-order valence-electron chi connectivity index (χ1n) is 8.34. The average Bonchev–Trinajstić information content (AvgIpc) is 3.21. The number of hydrazone groups is 1. The Morgan fingerprint density at radius 3 is 1.81 bits per heavy atom. The van der Waals surface area contributed by atoms with Crippen molar-refractivity contribution in [2.45, 2.75) is 13.1 Å². The molecule has 2 aromatic carbocycles. The van der Waals surface area contributed by atoms with Crippen LogP contribution in [0, 0.1) is 0 Å². The first-order chi connectivity index (χ1) is 12.8. The summed E-state index contributed by atoms with van der Waals surface area (Å²) in [6.07, 6.45) is 5.11. The molecular formula is C21H22N2O3. The second-order valence-electron chi connectivity index (χ2n) is 5.82. The predicted octanol–water partition coefficient (Wildman–Crippen LogP) is 4.33. The molecule has 0 saturated carbocycles. The fraction of sp³-hybridized carbons (Fsp3) is 0.190. The number of ether oxygens (including phenoxy) is 2. The van der Waals surface area contributed by atoms with Gasteiger partial charge in [0, 0.05) is 5.56 Å². The van der Waals surface area contributed by atoms with Crippen LogP contribution in [0.4, 0.5) is 0 Å². The maximum Gasteiger partial charge on any atom is 0.118 e. The first kappa shape index (κ1) is 17.6. The van der Waals surface area contributed by atoms with Crippen LogP contribution in [0.25, 0.3) is 0 Å². The summed E-state index contributed by atoms with van der Waals surface area (Å²) in [7, 11) is 3.33. The first-order valence-corrected chi connectivity index (χ1v) is 8.34. The van der Waals surface area contributed by atoms with E-state index in [1.165, 1.54) is 0 Å². The zero-order valence-corrected chi connectivity index (χ0v) is 15.0. The normalized spacial score (nSPS) is 10.8. The van der Waals surface area contributed by atoms with Crippen molar-refractivity contribution < 1.29 is 13.9 Å². The van der Waals surface area contributed by atoms with Crippen molar-refractivity contribution in [3.8, 4) is 11.5 Å². The Kier molecular flexibility index (Phi) is 5.93. The highest BCUT2D eigenvalue weighted by atomic mass is 16.5. The molecule has 0 unspecified atom stereocenters. The topological polar surface area (TPSA) is 47.2 Å². The van der Waals surface area contributed by atoms with Gasteiger partial charge in [-0.05, 0) is 41.5 Å². The lowest BCUT2D eigenvalue weighted by Gasteiger charge is -2.19. The molecule has 0 amide bonds. The Labute approximate surface area is 153 Å². The van der Waals surface area contributed by atoms with Crippen molar-refractivity contribution in [2.75, 3.05) is 14.2 Å². The highest BCUT2D eigenvalue weighted by Gasteiger charge is 2.06. The number of methoxy groups -OCH3 is 2. The molecule has 0 aliphatic rings. The minimum absolute atomic E-state index is 0.685. The smallest absolute Gasteiger partial charge is 0.118 e. The van der Waals surface area contributed by atoms with Gasteiger partial charge in [0.25, 0.3) is 0 Å². The summed E-state index contributed by atoms with van der Waals surface area (Å²) in [5, 5.41) is 6.64. The third-order valence-corrected chi connectivity index (χ3v) is 3.96. The Balaban J connectivity index is 1.75. The molecule has 0 aliphatic carbocycles. The molecule has 0 saturated heterocycles. The molecule has 3 aromatic rings. The standard InChI is InChI=1S/C21H22N2O3/c1-24-20-7-3-17(4-8-20)14-23(22-13-19-11-12-26-16-19)15-18-5-9-21(25-2)10-6-18/h3-13,16H,14-15H2,1-2H3. The molecule has 5 heteroatoms. The molecule has 0 atom stereocenters. The van der Waals surface area contributed by atoms with Gasteiger partial charge in [0.15, 0.2) is 0 Å². The van der Waals surface area contributed by atoms with E-state index < -0.39 is 0 Å². The summed E-state index contributed by atoms with van der Waals surface area (Å²) in [6, 6.07) is 17.9. The monoisotopic (exact) mass is 350 g/mol. The van der Waals surface area contributed by atoms with E-state index in [9.17, 15) is 0 Å². The maximum absolute atomic E-state index is 5.22. The second-order valence-corrected chi connectivity index (χ2v) is 5.82. The lowest BCUT2D eigenvalue weighted by molar-refractivity contribution is 0.272. The van der Waals surface area contributed by atoms with E-state index in [1.807, 2.05) is 59.6 Å². The number of rotatable bonds is 8.